The summed E-state index contributed by atoms with van der Waals surface area (Å²) in [6.07, 6.45) is -1.01. The molecule has 32 heavy (non-hydrogen) atoms. The van der Waals surface area contributed by atoms with E-state index in [1.54, 1.807) is 7.11 Å². The number of nitrogens with one attached hydrogen (secondary N) is 1. The normalized spacial score (nSPS) is 15.2. The minimum atomic E-state index is -4.43. The molecule has 170 valence electrons. The number of fused-ring (bicyclic) bond motifs is 1. The van der Waals surface area contributed by atoms with Crippen LogP contribution in [-0.2, 0) is 17.4 Å². The third kappa shape index (κ3) is 4.95. The summed E-state index contributed by atoms with van der Waals surface area (Å²) in [6, 6.07) is 9.97. The van der Waals surface area contributed by atoms with Crippen LogP contribution in [-0.4, -0.2) is 46.7 Å². The number of ether oxygens (including phenoxy) is 1. The van der Waals surface area contributed by atoms with E-state index in [4.69, 9.17) is 4.74 Å². The Hall–Kier alpha value is -3.30. The zero-order valence-corrected chi connectivity index (χ0v) is 17.6. The predicted octanol–water partition coefficient (Wildman–Crippen LogP) is 3.47. The van der Waals surface area contributed by atoms with Crippen molar-refractivity contribution < 1.29 is 22.7 Å². The van der Waals surface area contributed by atoms with Crippen LogP contribution in [0.15, 0.2) is 42.6 Å². The molecule has 7 nitrogen and oxygen atoms in total. The molecule has 1 aromatic carbocycles. The first-order valence-corrected chi connectivity index (χ1v) is 10.4. The number of hydrogen-bond acceptors (Lipinski definition) is 5. The number of halogens is 3. The number of aromatic nitrogens is 3. The van der Waals surface area contributed by atoms with Gasteiger partial charge < -0.3 is 15.0 Å². The third-order valence-electron chi connectivity index (χ3n) is 5.65. The van der Waals surface area contributed by atoms with Crippen molar-refractivity contribution in [3.05, 3.63) is 53.7 Å². The highest BCUT2D eigenvalue weighted by Gasteiger charge is 2.32. The Morgan fingerprint density at radius 1 is 1.12 bits per heavy atom. The van der Waals surface area contributed by atoms with Gasteiger partial charge in [-0.15, -0.1) is 10.2 Å². The monoisotopic (exact) mass is 447 g/mol. The lowest BCUT2D eigenvalue weighted by Crippen LogP contribution is -2.45. The summed E-state index contributed by atoms with van der Waals surface area (Å²) < 4.78 is 45.7. The van der Waals surface area contributed by atoms with E-state index in [9.17, 15) is 18.0 Å². The Morgan fingerprint density at radius 2 is 1.84 bits per heavy atom. The SMILES string of the molecule is COc1ccc(CCC(=O)NC2CCN(c3nnc4ccc(C(F)(F)F)cn34)CC2)cc1. The third-order valence-corrected chi connectivity index (χ3v) is 5.65. The summed E-state index contributed by atoms with van der Waals surface area (Å²) in [6.45, 7) is 1.14. The van der Waals surface area contributed by atoms with Gasteiger partial charge in [-0.25, -0.2) is 0 Å². The molecule has 1 aliphatic rings. The zero-order chi connectivity index (χ0) is 22.7. The van der Waals surface area contributed by atoms with Gasteiger partial charge in [0.2, 0.25) is 11.9 Å². The molecule has 0 unspecified atom stereocenters. The van der Waals surface area contributed by atoms with E-state index in [1.165, 1.54) is 10.5 Å². The molecule has 2 aromatic heterocycles. The average molecular weight is 447 g/mol. The van der Waals surface area contributed by atoms with Crippen molar-refractivity contribution in [2.24, 2.45) is 0 Å². The fourth-order valence-corrected chi connectivity index (χ4v) is 3.84. The van der Waals surface area contributed by atoms with Crippen molar-refractivity contribution in [1.82, 2.24) is 19.9 Å². The number of benzene rings is 1. The topological polar surface area (TPSA) is 71.8 Å². The van der Waals surface area contributed by atoms with E-state index < -0.39 is 11.7 Å². The maximum atomic E-state index is 13.1. The summed E-state index contributed by atoms with van der Waals surface area (Å²) in [7, 11) is 1.61. The van der Waals surface area contributed by atoms with Crippen LogP contribution in [0.25, 0.3) is 5.65 Å². The second-order valence-electron chi connectivity index (χ2n) is 7.82. The van der Waals surface area contributed by atoms with E-state index >= 15 is 0 Å². The molecule has 1 N–H and O–H groups in total. The van der Waals surface area contributed by atoms with Gasteiger partial charge in [0.05, 0.1) is 12.7 Å². The molecule has 0 radical (unpaired) electrons. The summed E-state index contributed by atoms with van der Waals surface area (Å²) in [5.41, 5.74) is 0.680. The van der Waals surface area contributed by atoms with Gasteiger partial charge in [0.25, 0.3) is 0 Å². The van der Waals surface area contributed by atoms with E-state index in [-0.39, 0.29) is 11.9 Å². The van der Waals surface area contributed by atoms with Gasteiger partial charge in [-0.2, -0.15) is 13.2 Å². The number of rotatable bonds is 6. The molecule has 1 amide bonds. The molecule has 3 heterocycles. The Balaban J connectivity index is 1.30. The molecule has 4 rings (SSSR count). The number of anilines is 1. The van der Waals surface area contributed by atoms with Gasteiger partial charge in [-0.3, -0.25) is 9.20 Å². The molecule has 0 aliphatic carbocycles. The number of nitrogens with zero attached hydrogens (tertiary/aromatic N) is 4. The van der Waals surface area contributed by atoms with Crippen molar-refractivity contribution in [1.29, 1.82) is 0 Å². The fraction of sp³-hybridized carbons (Fsp3) is 0.409. The Morgan fingerprint density at radius 3 is 2.50 bits per heavy atom. The Kier molecular flexibility index (Phi) is 6.20. The van der Waals surface area contributed by atoms with Crippen molar-refractivity contribution in [3.8, 4) is 5.75 Å². The summed E-state index contributed by atoms with van der Waals surface area (Å²) >= 11 is 0. The van der Waals surface area contributed by atoms with Crippen molar-refractivity contribution in [3.63, 3.8) is 0 Å². The highest BCUT2D eigenvalue weighted by molar-refractivity contribution is 5.76. The van der Waals surface area contributed by atoms with Crippen LogP contribution >= 0.6 is 0 Å². The van der Waals surface area contributed by atoms with E-state index in [2.05, 4.69) is 15.5 Å². The van der Waals surface area contributed by atoms with Crippen LogP contribution in [0.3, 0.4) is 0 Å². The number of piperidine rings is 1. The molecule has 0 bridgehead atoms. The second kappa shape index (κ2) is 9.05. The Labute approximate surface area is 183 Å². The molecular weight excluding hydrogens is 423 g/mol. The van der Waals surface area contributed by atoms with E-state index in [1.807, 2.05) is 29.2 Å². The first kappa shape index (κ1) is 21.9. The molecule has 10 heteroatoms. The van der Waals surface area contributed by atoms with Gasteiger partial charge in [-0.05, 0) is 49.1 Å². The van der Waals surface area contributed by atoms with Crippen LogP contribution in [0.2, 0.25) is 0 Å². The lowest BCUT2D eigenvalue weighted by Gasteiger charge is -2.32. The molecule has 1 fully saturated rings. The lowest BCUT2D eigenvalue weighted by molar-refractivity contribution is -0.137. The minimum absolute atomic E-state index is 0.0120. The summed E-state index contributed by atoms with van der Waals surface area (Å²) in [5, 5.41) is 11.1. The van der Waals surface area contributed by atoms with E-state index in [0.29, 0.717) is 50.4 Å². The smallest absolute Gasteiger partial charge is 0.417 e. The largest absolute Gasteiger partial charge is 0.497 e. The number of amides is 1. The zero-order valence-electron chi connectivity index (χ0n) is 17.6. The average Bonchev–Trinajstić information content (AvgIpc) is 3.21. The van der Waals surface area contributed by atoms with Crippen molar-refractivity contribution >= 4 is 17.5 Å². The number of methoxy groups -OCH3 is 1. The van der Waals surface area contributed by atoms with Crippen LogP contribution < -0.4 is 15.0 Å². The van der Waals surface area contributed by atoms with Gasteiger partial charge >= 0.3 is 6.18 Å². The maximum absolute atomic E-state index is 13.1. The van der Waals surface area contributed by atoms with Crippen molar-refractivity contribution in [2.45, 2.75) is 37.9 Å². The summed E-state index contributed by atoms with van der Waals surface area (Å²) in [5.74, 6) is 1.15. The van der Waals surface area contributed by atoms with Gasteiger partial charge in [0, 0.05) is 31.7 Å². The molecule has 1 saturated heterocycles. The van der Waals surface area contributed by atoms with Crippen LogP contribution in [0, 0.1) is 0 Å². The van der Waals surface area contributed by atoms with Gasteiger partial charge in [0.1, 0.15) is 5.75 Å². The van der Waals surface area contributed by atoms with Crippen LogP contribution in [0.5, 0.6) is 5.75 Å². The van der Waals surface area contributed by atoms with Crippen molar-refractivity contribution in [2.75, 3.05) is 25.1 Å². The number of aryl methyl sites for hydroxylation is 1. The number of pyridine rings is 1. The molecule has 0 spiro atoms. The summed E-state index contributed by atoms with van der Waals surface area (Å²) in [4.78, 5) is 14.2. The van der Waals surface area contributed by atoms with Crippen LogP contribution in [0.1, 0.15) is 30.4 Å². The molecular formula is C22H24F3N5O2. The Bertz CT molecular complexity index is 1070. The van der Waals surface area contributed by atoms with Gasteiger partial charge in [0.15, 0.2) is 5.65 Å². The number of carbonyl (C=O) groups excluding carboxylic acids is 1. The number of alkyl halides is 3. The second-order valence-corrected chi connectivity index (χ2v) is 7.82. The highest BCUT2D eigenvalue weighted by atomic mass is 19.4. The highest BCUT2D eigenvalue weighted by Crippen LogP contribution is 2.30. The first-order chi connectivity index (χ1) is 15.3. The van der Waals surface area contributed by atoms with E-state index in [0.717, 1.165) is 23.6 Å². The lowest BCUT2D eigenvalue weighted by atomic mass is 10.0. The quantitative estimate of drug-likeness (QED) is 0.627. The number of hydrogen-bond donors (Lipinski definition) is 1. The molecule has 1 aliphatic heterocycles. The standard InChI is InChI=1S/C22H24F3N5O2/c1-32-18-6-2-15(3-7-18)4-9-20(31)26-17-10-12-29(13-11-17)21-28-27-19-8-5-16(14-30(19)21)22(23,24)25/h2-3,5-8,14,17H,4,9-13H2,1H3,(H,26,31). The fourth-order valence-electron chi connectivity index (χ4n) is 3.84. The maximum Gasteiger partial charge on any atom is 0.417 e. The van der Waals surface area contributed by atoms with Gasteiger partial charge in [-0.1, -0.05) is 12.1 Å². The molecule has 0 atom stereocenters. The molecule has 0 saturated carbocycles. The van der Waals surface area contributed by atoms with Crippen LogP contribution in [0.4, 0.5) is 19.1 Å². The number of carbonyl (C=O) groups is 1. The predicted molar refractivity (Wildman–Crippen MR) is 113 cm³/mol. The first-order valence-electron chi connectivity index (χ1n) is 10.4. The molecule has 3 aromatic rings. The minimum Gasteiger partial charge on any atom is -0.497 e.